The summed E-state index contributed by atoms with van der Waals surface area (Å²) in [7, 11) is 0. The van der Waals surface area contributed by atoms with Crippen LogP contribution in [0, 0.1) is 13.8 Å². The van der Waals surface area contributed by atoms with Gasteiger partial charge in [0.25, 0.3) is 0 Å². The van der Waals surface area contributed by atoms with E-state index in [9.17, 15) is 0 Å². The van der Waals surface area contributed by atoms with E-state index in [1.54, 1.807) is 16.7 Å². The van der Waals surface area contributed by atoms with Crippen LogP contribution in [0.2, 0.25) is 0 Å². The minimum absolute atomic E-state index is 0.0159. The third-order valence-electron chi connectivity index (χ3n) is 14.6. The van der Waals surface area contributed by atoms with Gasteiger partial charge in [-0.25, -0.2) is 0 Å². The Bertz CT molecular complexity index is 2110. The van der Waals surface area contributed by atoms with Crippen molar-refractivity contribution in [3.05, 3.63) is 106 Å². The Morgan fingerprint density at radius 1 is 0.735 bits per heavy atom. The van der Waals surface area contributed by atoms with Crippen LogP contribution in [0.5, 0.6) is 0 Å². The second-order valence-corrected chi connectivity index (χ2v) is 17.1. The summed E-state index contributed by atoms with van der Waals surface area (Å²) >= 11 is 0. The lowest BCUT2D eigenvalue weighted by Gasteiger charge is -2.51. The van der Waals surface area contributed by atoms with Gasteiger partial charge in [0.1, 0.15) is 6.54 Å². The van der Waals surface area contributed by atoms with Gasteiger partial charge in [0.05, 0.1) is 21.8 Å². The lowest BCUT2D eigenvalue weighted by Crippen LogP contribution is -2.69. The molecule has 0 saturated heterocycles. The van der Waals surface area contributed by atoms with Crippen LogP contribution in [0.1, 0.15) is 133 Å². The number of hydrogen-bond acceptors (Lipinski definition) is 0. The molecule has 0 radical (unpaired) electrons. The Morgan fingerprint density at radius 2 is 1.51 bits per heavy atom. The number of hydrogen-bond donors (Lipinski definition) is 0. The van der Waals surface area contributed by atoms with Crippen molar-refractivity contribution in [1.82, 2.24) is 0 Å². The maximum Gasteiger partial charge on any atom is 0.220 e. The molecule has 2 aromatic heterocycles. The molecule has 9 rings (SSSR count). The second kappa shape index (κ2) is 11.5. The summed E-state index contributed by atoms with van der Waals surface area (Å²) in [5, 5.41) is 4.40. The summed E-state index contributed by atoms with van der Waals surface area (Å²) in [4.78, 5) is 0. The zero-order valence-corrected chi connectivity index (χ0v) is 31.6. The van der Waals surface area contributed by atoms with Crippen molar-refractivity contribution in [3.8, 4) is 11.3 Å². The van der Waals surface area contributed by atoms with Crippen LogP contribution in [0.4, 0.5) is 0 Å². The minimum atomic E-state index is -0.0492. The molecular weight excluding hydrogens is 593 g/mol. The molecule has 254 valence electrons. The average molecular weight is 651 g/mol. The number of benzene rings is 3. The number of pyridine rings is 2. The quantitative estimate of drug-likeness (QED) is 0.117. The van der Waals surface area contributed by atoms with E-state index in [-0.39, 0.29) is 21.8 Å². The Kier molecular flexibility index (Phi) is 7.67. The molecule has 2 heteroatoms. The molecule has 0 spiro atoms. The molecule has 3 aliphatic carbocycles. The predicted molar refractivity (Wildman–Crippen MR) is 206 cm³/mol. The average Bonchev–Trinajstić information content (AvgIpc) is 3.11. The van der Waals surface area contributed by atoms with E-state index in [2.05, 4.69) is 138 Å². The monoisotopic (exact) mass is 650 g/mol. The van der Waals surface area contributed by atoms with Crippen LogP contribution in [0.15, 0.2) is 73.1 Å². The first kappa shape index (κ1) is 32.7. The number of unbranched alkanes of at least 4 members (excludes halogenated alkanes) is 1. The summed E-state index contributed by atoms with van der Waals surface area (Å²) < 4.78 is 5.42. The van der Waals surface area contributed by atoms with Crippen molar-refractivity contribution in [2.45, 2.75) is 148 Å². The van der Waals surface area contributed by atoms with Crippen molar-refractivity contribution in [3.63, 3.8) is 0 Å². The predicted octanol–water partition coefficient (Wildman–Crippen LogP) is 11.2. The number of rotatable bonds is 8. The van der Waals surface area contributed by atoms with Gasteiger partial charge in [-0.2, -0.15) is 9.13 Å². The molecule has 2 atom stereocenters. The van der Waals surface area contributed by atoms with Gasteiger partial charge in [0.15, 0.2) is 17.9 Å². The van der Waals surface area contributed by atoms with Gasteiger partial charge in [0, 0.05) is 37.5 Å². The maximum atomic E-state index is 2.76. The van der Waals surface area contributed by atoms with Crippen LogP contribution in [0.3, 0.4) is 0 Å². The summed E-state index contributed by atoms with van der Waals surface area (Å²) in [5.41, 5.74) is 13.9. The van der Waals surface area contributed by atoms with Crippen molar-refractivity contribution in [1.29, 1.82) is 0 Å². The molecule has 3 heterocycles. The van der Waals surface area contributed by atoms with E-state index in [1.807, 2.05) is 0 Å². The molecule has 2 bridgehead atoms. The maximum absolute atomic E-state index is 2.76. The SMILES string of the molecule is CCCCc1ccc2c(c1)C(CC)(CC[n+]1cc3c(c4cc(C)c5cccc(C)c5c41)C1(C)CCC3(C)CC1)C(C)(CC)[n+]1ccccc1-2. The van der Waals surface area contributed by atoms with Gasteiger partial charge in [-0.05, 0) is 121 Å². The summed E-state index contributed by atoms with van der Waals surface area (Å²) in [6, 6.07) is 23.9. The first-order chi connectivity index (χ1) is 23.5. The fourth-order valence-electron chi connectivity index (χ4n) is 11.2. The minimum Gasteiger partial charge on any atom is -0.197 e. The lowest BCUT2D eigenvalue weighted by molar-refractivity contribution is -0.768. The molecule has 0 N–H and O–H groups in total. The van der Waals surface area contributed by atoms with Crippen LogP contribution in [-0.4, -0.2) is 0 Å². The zero-order chi connectivity index (χ0) is 34.3. The number of aromatic nitrogens is 2. The highest BCUT2D eigenvalue weighted by atomic mass is 15.1. The normalized spacial score (nSPS) is 26.9. The third-order valence-corrected chi connectivity index (χ3v) is 14.6. The van der Waals surface area contributed by atoms with Crippen LogP contribution in [-0.2, 0) is 34.7 Å². The molecular formula is C47H58N2+2. The smallest absolute Gasteiger partial charge is 0.197 e. The van der Waals surface area contributed by atoms with Crippen LogP contribution < -0.4 is 9.13 Å². The van der Waals surface area contributed by atoms with E-state index >= 15 is 0 Å². The molecule has 3 aromatic carbocycles. The highest BCUT2D eigenvalue weighted by molar-refractivity contribution is 6.08. The fourth-order valence-corrected chi connectivity index (χ4v) is 11.2. The summed E-state index contributed by atoms with van der Waals surface area (Å²) in [6.07, 6.45) is 17.2. The van der Waals surface area contributed by atoms with E-state index in [4.69, 9.17) is 0 Å². The van der Waals surface area contributed by atoms with Crippen molar-refractivity contribution < 1.29 is 9.13 Å². The van der Waals surface area contributed by atoms with Gasteiger partial charge >= 0.3 is 0 Å². The van der Waals surface area contributed by atoms with Gasteiger partial charge < -0.3 is 0 Å². The van der Waals surface area contributed by atoms with Crippen LogP contribution >= 0.6 is 0 Å². The molecule has 2 unspecified atom stereocenters. The second-order valence-electron chi connectivity index (χ2n) is 17.1. The van der Waals surface area contributed by atoms with Gasteiger partial charge in [-0.15, -0.1) is 0 Å². The molecule has 4 aliphatic rings. The molecule has 2 nitrogen and oxygen atoms in total. The van der Waals surface area contributed by atoms with E-state index < -0.39 is 0 Å². The number of aryl methyl sites for hydroxylation is 4. The molecule has 49 heavy (non-hydrogen) atoms. The Labute approximate surface area is 295 Å². The lowest BCUT2D eigenvalue weighted by atomic mass is 9.52. The highest BCUT2D eigenvalue weighted by Crippen LogP contribution is 2.58. The molecule has 1 saturated carbocycles. The molecule has 0 amide bonds. The van der Waals surface area contributed by atoms with Crippen molar-refractivity contribution in [2.24, 2.45) is 0 Å². The van der Waals surface area contributed by atoms with E-state index in [0.717, 1.165) is 32.2 Å². The highest BCUT2D eigenvalue weighted by Gasteiger charge is 2.59. The zero-order valence-electron chi connectivity index (χ0n) is 31.6. The first-order valence-electron chi connectivity index (χ1n) is 19.6. The first-order valence-corrected chi connectivity index (χ1v) is 19.6. The number of nitrogens with zero attached hydrogens (tertiary/aromatic N) is 2. The Morgan fingerprint density at radius 3 is 2.24 bits per heavy atom. The molecule has 1 fully saturated rings. The van der Waals surface area contributed by atoms with Gasteiger partial charge in [0.2, 0.25) is 11.2 Å². The topological polar surface area (TPSA) is 7.76 Å². The molecule has 1 aliphatic heterocycles. The van der Waals surface area contributed by atoms with Gasteiger partial charge in [-0.1, -0.05) is 71.4 Å². The third kappa shape index (κ3) is 4.51. The van der Waals surface area contributed by atoms with Gasteiger partial charge in [-0.3, -0.25) is 0 Å². The summed E-state index contributed by atoms with van der Waals surface area (Å²) in [6.45, 7) is 20.6. The van der Waals surface area contributed by atoms with Crippen molar-refractivity contribution in [2.75, 3.05) is 0 Å². The molecule has 5 aromatic rings. The standard InChI is InChI=1S/C47H58N2/c1-9-12-17-34-20-21-36-38(30-34)47(11-3,46(8,10-2)49-27-14-13-19-40(36)49)26-28-48-31-39-42(45(7)24-22-44(39,6)23-25-45)37-29-33(5)35-18-15-16-32(4)41(35)43(37)48/h13-16,18-21,27,29-31H,9-12,17,22-26,28H2,1-8H3/q+2. The Balaban J connectivity index is 1.38. The van der Waals surface area contributed by atoms with Crippen molar-refractivity contribution >= 4 is 21.7 Å². The van der Waals surface area contributed by atoms with Crippen LogP contribution in [0.25, 0.3) is 32.9 Å². The Hall–Kier alpha value is -3.52. The largest absolute Gasteiger partial charge is 0.220 e. The van der Waals surface area contributed by atoms with E-state index in [1.165, 1.54) is 88.1 Å². The fraction of sp³-hybridized carbons (Fsp3) is 0.489. The summed E-state index contributed by atoms with van der Waals surface area (Å²) in [5.74, 6) is 0. The number of fused-ring (bicyclic) bond motifs is 8. The van der Waals surface area contributed by atoms with E-state index in [0.29, 0.717) is 0 Å².